The van der Waals surface area contributed by atoms with Gasteiger partial charge in [0.15, 0.2) is 0 Å². The summed E-state index contributed by atoms with van der Waals surface area (Å²) in [6.07, 6.45) is 2.66. The minimum Gasteiger partial charge on any atom is -0.484 e. The topological polar surface area (TPSA) is 73.2 Å². The number of hydrogen-bond acceptors (Lipinski definition) is 4. The lowest BCUT2D eigenvalue weighted by atomic mass is 10.1. The van der Waals surface area contributed by atoms with Crippen molar-refractivity contribution in [3.63, 3.8) is 0 Å². The summed E-state index contributed by atoms with van der Waals surface area (Å²) in [5.41, 5.74) is 2.49. The van der Waals surface area contributed by atoms with E-state index in [0.29, 0.717) is 18.6 Å². The predicted octanol–water partition coefficient (Wildman–Crippen LogP) is 4.37. The van der Waals surface area contributed by atoms with E-state index < -0.39 is 16.1 Å². The standard InChI is InChI=1S/C24H22FN3O3S/c25-19-6-8-20(9-7-19)28-23-13-10-21(14-18(23)15-26-28)31-24(17-4-2-1-3-5-17)16-27-32(29,30)22-11-12-22/h1-10,13-15,22,24,27H,11-12,16H2/t24-/m1/s1. The largest absolute Gasteiger partial charge is 0.484 e. The molecular formula is C24H22FN3O3S. The Labute approximate surface area is 185 Å². The summed E-state index contributed by atoms with van der Waals surface area (Å²) in [7, 11) is -3.32. The number of ether oxygens (including phenoxy) is 1. The van der Waals surface area contributed by atoms with Crippen molar-refractivity contribution in [3.05, 3.63) is 90.4 Å². The van der Waals surface area contributed by atoms with Gasteiger partial charge in [-0.25, -0.2) is 22.2 Å². The van der Waals surface area contributed by atoms with Crippen LogP contribution in [0.5, 0.6) is 5.75 Å². The van der Waals surface area contributed by atoms with E-state index in [1.807, 2.05) is 48.5 Å². The summed E-state index contributed by atoms with van der Waals surface area (Å²) in [6.45, 7) is 0.149. The highest BCUT2D eigenvalue weighted by Crippen LogP contribution is 2.29. The number of fused-ring (bicyclic) bond motifs is 1. The van der Waals surface area contributed by atoms with Crippen molar-refractivity contribution in [2.75, 3.05) is 6.54 Å². The maximum atomic E-state index is 13.3. The van der Waals surface area contributed by atoms with Gasteiger partial charge in [0.25, 0.3) is 0 Å². The lowest BCUT2D eigenvalue weighted by Crippen LogP contribution is -2.33. The number of nitrogens with one attached hydrogen (secondary N) is 1. The van der Waals surface area contributed by atoms with E-state index in [1.165, 1.54) is 12.1 Å². The number of halogens is 1. The van der Waals surface area contributed by atoms with Crippen molar-refractivity contribution in [1.82, 2.24) is 14.5 Å². The quantitative estimate of drug-likeness (QED) is 0.432. The minimum absolute atomic E-state index is 0.149. The molecule has 0 spiro atoms. The summed E-state index contributed by atoms with van der Waals surface area (Å²) in [5, 5.41) is 4.99. The third-order valence-corrected chi connectivity index (χ3v) is 7.41. The molecule has 0 amide bonds. The Hall–Kier alpha value is -3.23. The molecular weight excluding hydrogens is 429 g/mol. The molecule has 3 aromatic carbocycles. The van der Waals surface area contributed by atoms with Crippen molar-refractivity contribution < 1.29 is 17.5 Å². The SMILES string of the molecule is O=S(=O)(NC[C@@H](Oc1ccc2c(cnn2-c2ccc(F)cc2)c1)c1ccccc1)C1CC1. The van der Waals surface area contributed by atoms with Gasteiger partial charge in [-0.2, -0.15) is 5.10 Å². The van der Waals surface area contributed by atoms with Crippen LogP contribution in [0.15, 0.2) is 79.0 Å². The Kier molecular flexibility index (Phi) is 5.40. The first-order valence-corrected chi connectivity index (χ1v) is 12.0. The molecule has 0 unspecified atom stereocenters. The van der Waals surface area contributed by atoms with Crippen molar-refractivity contribution in [2.24, 2.45) is 0 Å². The molecule has 1 aromatic heterocycles. The van der Waals surface area contributed by atoms with E-state index in [-0.39, 0.29) is 17.6 Å². The van der Waals surface area contributed by atoms with Crippen molar-refractivity contribution in [2.45, 2.75) is 24.2 Å². The molecule has 32 heavy (non-hydrogen) atoms. The van der Waals surface area contributed by atoms with Crippen LogP contribution < -0.4 is 9.46 Å². The van der Waals surface area contributed by atoms with Crippen LogP contribution in [0.3, 0.4) is 0 Å². The van der Waals surface area contributed by atoms with Gasteiger partial charge < -0.3 is 4.74 Å². The fourth-order valence-corrected chi connectivity index (χ4v) is 5.00. The molecule has 0 radical (unpaired) electrons. The summed E-state index contributed by atoms with van der Waals surface area (Å²) in [5.74, 6) is 0.306. The van der Waals surface area contributed by atoms with Crippen LogP contribution >= 0.6 is 0 Å². The Morgan fingerprint density at radius 2 is 1.81 bits per heavy atom. The number of nitrogens with zero attached hydrogens (tertiary/aromatic N) is 2. The Balaban J connectivity index is 1.40. The number of sulfonamides is 1. The molecule has 1 saturated carbocycles. The van der Waals surface area contributed by atoms with Crippen LogP contribution in [0, 0.1) is 5.82 Å². The van der Waals surface area contributed by atoms with Gasteiger partial charge in [-0.3, -0.25) is 0 Å². The van der Waals surface area contributed by atoms with Crippen LogP contribution in [0.2, 0.25) is 0 Å². The number of aromatic nitrogens is 2. The van der Waals surface area contributed by atoms with E-state index >= 15 is 0 Å². The maximum absolute atomic E-state index is 13.3. The van der Waals surface area contributed by atoms with E-state index in [9.17, 15) is 12.8 Å². The van der Waals surface area contributed by atoms with Crippen LogP contribution in [0.25, 0.3) is 16.6 Å². The average molecular weight is 452 g/mol. The maximum Gasteiger partial charge on any atom is 0.214 e. The van der Waals surface area contributed by atoms with Crippen LogP contribution in [-0.4, -0.2) is 30.0 Å². The van der Waals surface area contributed by atoms with Gasteiger partial charge in [0, 0.05) is 5.39 Å². The smallest absolute Gasteiger partial charge is 0.214 e. The average Bonchev–Trinajstić information content (AvgIpc) is 3.59. The molecule has 6 nitrogen and oxygen atoms in total. The first kappa shape index (κ1) is 20.7. The third kappa shape index (κ3) is 4.37. The van der Waals surface area contributed by atoms with Gasteiger partial charge in [0.2, 0.25) is 10.0 Å². The molecule has 1 fully saturated rings. The molecule has 1 aliphatic rings. The molecule has 5 rings (SSSR count). The van der Waals surface area contributed by atoms with E-state index in [1.54, 1.807) is 23.0 Å². The second kappa shape index (κ2) is 8.37. The van der Waals surface area contributed by atoms with Gasteiger partial charge in [-0.05, 0) is 60.9 Å². The fourth-order valence-electron chi connectivity index (χ4n) is 3.62. The molecule has 1 N–H and O–H groups in total. The molecule has 0 saturated heterocycles. The van der Waals surface area contributed by atoms with Crippen LogP contribution in [0.1, 0.15) is 24.5 Å². The molecule has 1 heterocycles. The zero-order valence-corrected chi connectivity index (χ0v) is 18.0. The summed E-state index contributed by atoms with van der Waals surface area (Å²) in [6, 6.07) is 21.3. The van der Waals surface area contributed by atoms with Gasteiger partial charge in [-0.1, -0.05) is 30.3 Å². The van der Waals surface area contributed by atoms with Crippen molar-refractivity contribution in [1.29, 1.82) is 0 Å². The zero-order valence-electron chi connectivity index (χ0n) is 17.2. The molecule has 4 aromatic rings. The van der Waals surface area contributed by atoms with Crippen molar-refractivity contribution in [3.8, 4) is 11.4 Å². The van der Waals surface area contributed by atoms with Crippen LogP contribution in [-0.2, 0) is 10.0 Å². The van der Waals surface area contributed by atoms with Gasteiger partial charge in [0.05, 0.1) is 29.2 Å². The van der Waals surface area contributed by atoms with E-state index in [0.717, 1.165) is 22.2 Å². The number of benzene rings is 3. The monoisotopic (exact) mass is 451 g/mol. The molecule has 0 aliphatic heterocycles. The molecule has 0 bridgehead atoms. The van der Waals surface area contributed by atoms with Gasteiger partial charge >= 0.3 is 0 Å². The highest BCUT2D eigenvalue weighted by Gasteiger charge is 2.36. The summed E-state index contributed by atoms with van der Waals surface area (Å²) >= 11 is 0. The molecule has 8 heteroatoms. The molecule has 1 aliphatic carbocycles. The minimum atomic E-state index is -3.32. The van der Waals surface area contributed by atoms with Gasteiger partial charge in [0.1, 0.15) is 17.7 Å². The first-order chi connectivity index (χ1) is 15.5. The summed E-state index contributed by atoms with van der Waals surface area (Å²) in [4.78, 5) is 0. The second-order valence-electron chi connectivity index (χ2n) is 7.86. The predicted molar refractivity (Wildman–Crippen MR) is 121 cm³/mol. The first-order valence-electron chi connectivity index (χ1n) is 10.4. The third-order valence-electron chi connectivity index (χ3n) is 5.49. The van der Waals surface area contributed by atoms with E-state index in [4.69, 9.17) is 4.74 Å². The van der Waals surface area contributed by atoms with Gasteiger partial charge in [-0.15, -0.1) is 0 Å². The Morgan fingerprint density at radius 1 is 1.06 bits per heavy atom. The fraction of sp³-hybridized carbons (Fsp3) is 0.208. The lowest BCUT2D eigenvalue weighted by Gasteiger charge is -2.20. The highest BCUT2D eigenvalue weighted by molar-refractivity contribution is 7.90. The Morgan fingerprint density at radius 3 is 2.53 bits per heavy atom. The Bertz CT molecular complexity index is 1330. The highest BCUT2D eigenvalue weighted by atomic mass is 32.2. The molecule has 1 atom stereocenters. The number of hydrogen-bond donors (Lipinski definition) is 1. The lowest BCUT2D eigenvalue weighted by molar-refractivity contribution is 0.209. The van der Waals surface area contributed by atoms with Crippen molar-refractivity contribution >= 4 is 20.9 Å². The number of rotatable bonds is 8. The molecule has 164 valence electrons. The summed E-state index contributed by atoms with van der Waals surface area (Å²) < 4.78 is 48.5. The zero-order chi connectivity index (χ0) is 22.1. The van der Waals surface area contributed by atoms with Crippen LogP contribution in [0.4, 0.5) is 4.39 Å². The second-order valence-corrected chi connectivity index (χ2v) is 9.91. The van der Waals surface area contributed by atoms with E-state index in [2.05, 4.69) is 9.82 Å². The normalized spacial score (nSPS) is 15.0.